The number of hydrogen-bond donors (Lipinski definition) is 0. The molecule has 0 N–H and O–H groups in total. The standard InChI is InChI=1S/C18H20F2O/c1-3-13-5-7-14(8-6-13)9-10-15-11-12-16(21-4-2)18(20)17(15)19/h5-8,11-12H,3-4,9-10H2,1-2H3. The monoisotopic (exact) mass is 290 g/mol. The van der Waals surface area contributed by atoms with E-state index in [4.69, 9.17) is 4.74 Å². The van der Waals surface area contributed by atoms with Gasteiger partial charge in [0.05, 0.1) is 6.61 Å². The minimum atomic E-state index is -0.893. The quantitative estimate of drug-likeness (QED) is 0.748. The highest BCUT2D eigenvalue weighted by Gasteiger charge is 2.14. The van der Waals surface area contributed by atoms with Crippen molar-refractivity contribution >= 4 is 0 Å². The van der Waals surface area contributed by atoms with E-state index in [2.05, 4.69) is 19.1 Å². The Hall–Kier alpha value is -1.90. The van der Waals surface area contributed by atoms with Crippen LogP contribution in [0.15, 0.2) is 36.4 Å². The summed E-state index contributed by atoms with van der Waals surface area (Å²) in [6.07, 6.45) is 2.16. The van der Waals surface area contributed by atoms with Crippen LogP contribution in [0.2, 0.25) is 0 Å². The van der Waals surface area contributed by atoms with E-state index in [9.17, 15) is 8.78 Å². The first-order valence-corrected chi connectivity index (χ1v) is 7.33. The van der Waals surface area contributed by atoms with E-state index in [1.165, 1.54) is 11.6 Å². The molecule has 0 aliphatic heterocycles. The fraction of sp³-hybridized carbons (Fsp3) is 0.333. The summed E-state index contributed by atoms with van der Waals surface area (Å²) in [4.78, 5) is 0. The van der Waals surface area contributed by atoms with Crippen molar-refractivity contribution in [3.8, 4) is 5.75 Å². The molecular weight excluding hydrogens is 270 g/mol. The molecule has 112 valence electrons. The average Bonchev–Trinajstić information content (AvgIpc) is 2.52. The molecular formula is C18H20F2O. The van der Waals surface area contributed by atoms with E-state index in [-0.39, 0.29) is 5.75 Å². The molecule has 0 saturated carbocycles. The summed E-state index contributed by atoms with van der Waals surface area (Å²) in [5.41, 5.74) is 2.79. The minimum absolute atomic E-state index is 0.0222. The van der Waals surface area contributed by atoms with Gasteiger partial charge in [0.15, 0.2) is 11.6 Å². The summed E-state index contributed by atoms with van der Waals surface area (Å²) in [5, 5.41) is 0. The molecule has 0 aromatic heterocycles. The smallest absolute Gasteiger partial charge is 0.200 e. The van der Waals surface area contributed by atoms with Crippen LogP contribution in [0.4, 0.5) is 8.78 Å². The second kappa shape index (κ2) is 7.21. The lowest BCUT2D eigenvalue weighted by atomic mass is 10.0. The highest BCUT2D eigenvalue weighted by Crippen LogP contribution is 2.23. The fourth-order valence-corrected chi connectivity index (χ4v) is 2.25. The predicted molar refractivity (Wildman–Crippen MR) is 80.8 cm³/mol. The average molecular weight is 290 g/mol. The Bertz CT molecular complexity index is 591. The molecule has 1 nitrogen and oxygen atoms in total. The van der Waals surface area contributed by atoms with Gasteiger partial charge >= 0.3 is 0 Å². The van der Waals surface area contributed by atoms with Gasteiger partial charge in [-0.2, -0.15) is 4.39 Å². The lowest BCUT2D eigenvalue weighted by molar-refractivity contribution is 0.313. The lowest BCUT2D eigenvalue weighted by Gasteiger charge is -2.09. The number of rotatable bonds is 6. The van der Waals surface area contributed by atoms with Crippen molar-refractivity contribution in [2.24, 2.45) is 0 Å². The highest BCUT2D eigenvalue weighted by atomic mass is 19.2. The van der Waals surface area contributed by atoms with Gasteiger partial charge in [-0.1, -0.05) is 37.3 Å². The van der Waals surface area contributed by atoms with Gasteiger partial charge in [-0.05, 0) is 48.9 Å². The van der Waals surface area contributed by atoms with Gasteiger partial charge in [-0.25, -0.2) is 4.39 Å². The molecule has 0 saturated heterocycles. The van der Waals surface area contributed by atoms with Crippen molar-refractivity contribution in [3.05, 3.63) is 64.7 Å². The predicted octanol–water partition coefficient (Wildman–Crippen LogP) is 4.71. The molecule has 0 amide bonds. The van der Waals surface area contributed by atoms with Crippen LogP contribution in [0.25, 0.3) is 0 Å². The van der Waals surface area contributed by atoms with Crippen molar-refractivity contribution in [1.29, 1.82) is 0 Å². The summed E-state index contributed by atoms with van der Waals surface area (Å²) in [5.74, 6) is -1.71. The molecule has 0 heterocycles. The van der Waals surface area contributed by atoms with Gasteiger partial charge in [0.1, 0.15) is 0 Å². The van der Waals surface area contributed by atoms with E-state index in [1.807, 2.05) is 12.1 Å². The molecule has 2 aromatic carbocycles. The lowest BCUT2D eigenvalue weighted by Crippen LogP contribution is -2.02. The Morgan fingerprint density at radius 2 is 1.48 bits per heavy atom. The molecule has 0 atom stereocenters. The highest BCUT2D eigenvalue weighted by molar-refractivity contribution is 5.32. The molecule has 3 heteroatoms. The first-order chi connectivity index (χ1) is 10.2. The van der Waals surface area contributed by atoms with E-state index < -0.39 is 11.6 Å². The zero-order valence-corrected chi connectivity index (χ0v) is 12.5. The summed E-state index contributed by atoms with van der Waals surface area (Å²) in [7, 11) is 0. The third kappa shape index (κ3) is 3.81. The van der Waals surface area contributed by atoms with Gasteiger partial charge in [0.25, 0.3) is 0 Å². The maximum Gasteiger partial charge on any atom is 0.200 e. The number of halogens is 2. The van der Waals surface area contributed by atoms with Gasteiger partial charge in [0, 0.05) is 0 Å². The second-order valence-corrected chi connectivity index (χ2v) is 4.95. The Kier molecular flexibility index (Phi) is 5.32. The fourth-order valence-electron chi connectivity index (χ4n) is 2.25. The van der Waals surface area contributed by atoms with Crippen LogP contribution in [0.5, 0.6) is 5.75 Å². The largest absolute Gasteiger partial charge is 0.491 e. The molecule has 0 aliphatic rings. The molecule has 0 radical (unpaired) electrons. The normalized spacial score (nSPS) is 10.7. The minimum Gasteiger partial charge on any atom is -0.491 e. The maximum absolute atomic E-state index is 14.0. The second-order valence-electron chi connectivity index (χ2n) is 4.95. The zero-order chi connectivity index (χ0) is 15.2. The third-order valence-corrected chi connectivity index (χ3v) is 3.54. The van der Waals surface area contributed by atoms with Crippen LogP contribution < -0.4 is 4.74 Å². The topological polar surface area (TPSA) is 9.23 Å². The van der Waals surface area contributed by atoms with Crippen molar-refractivity contribution in [2.45, 2.75) is 33.1 Å². The van der Waals surface area contributed by atoms with Crippen molar-refractivity contribution < 1.29 is 13.5 Å². The van der Waals surface area contributed by atoms with Crippen LogP contribution in [0.1, 0.15) is 30.5 Å². The molecule has 21 heavy (non-hydrogen) atoms. The summed E-state index contributed by atoms with van der Waals surface area (Å²) >= 11 is 0. The van der Waals surface area contributed by atoms with Crippen LogP contribution in [0.3, 0.4) is 0 Å². The number of hydrogen-bond acceptors (Lipinski definition) is 1. The maximum atomic E-state index is 14.0. The van der Waals surface area contributed by atoms with Crippen molar-refractivity contribution in [2.75, 3.05) is 6.61 Å². The van der Waals surface area contributed by atoms with E-state index in [0.717, 1.165) is 12.0 Å². The molecule has 2 rings (SSSR count). The number of ether oxygens (including phenoxy) is 1. The van der Waals surface area contributed by atoms with Gasteiger partial charge in [0.2, 0.25) is 5.82 Å². The van der Waals surface area contributed by atoms with Crippen LogP contribution in [-0.2, 0) is 19.3 Å². The van der Waals surface area contributed by atoms with Crippen LogP contribution >= 0.6 is 0 Å². The van der Waals surface area contributed by atoms with Gasteiger partial charge in [-0.15, -0.1) is 0 Å². The van der Waals surface area contributed by atoms with Crippen LogP contribution in [-0.4, -0.2) is 6.61 Å². The molecule has 0 aliphatic carbocycles. The molecule has 0 unspecified atom stereocenters. The van der Waals surface area contributed by atoms with Crippen LogP contribution in [0, 0.1) is 11.6 Å². The van der Waals surface area contributed by atoms with E-state index >= 15 is 0 Å². The molecule has 0 spiro atoms. The number of benzene rings is 2. The third-order valence-electron chi connectivity index (χ3n) is 3.54. The SMILES string of the molecule is CCOc1ccc(CCc2ccc(CC)cc2)c(F)c1F. The Morgan fingerprint density at radius 1 is 0.810 bits per heavy atom. The molecule has 0 bridgehead atoms. The Labute approximate surface area is 124 Å². The first kappa shape index (κ1) is 15.5. The van der Waals surface area contributed by atoms with Crippen molar-refractivity contribution in [3.63, 3.8) is 0 Å². The van der Waals surface area contributed by atoms with E-state index in [0.29, 0.717) is 25.0 Å². The zero-order valence-electron chi connectivity index (χ0n) is 12.5. The summed E-state index contributed by atoms with van der Waals surface area (Å²) in [6.45, 7) is 4.16. The van der Waals surface area contributed by atoms with Crippen molar-refractivity contribution in [1.82, 2.24) is 0 Å². The summed E-state index contributed by atoms with van der Waals surface area (Å²) in [6, 6.07) is 11.3. The first-order valence-electron chi connectivity index (χ1n) is 7.33. The number of aryl methyl sites for hydroxylation is 3. The summed E-state index contributed by atoms with van der Waals surface area (Å²) < 4.78 is 32.8. The molecule has 2 aromatic rings. The van der Waals surface area contributed by atoms with Gasteiger partial charge < -0.3 is 4.74 Å². The Balaban J connectivity index is 2.07. The van der Waals surface area contributed by atoms with Gasteiger partial charge in [-0.3, -0.25) is 0 Å². The van der Waals surface area contributed by atoms with E-state index in [1.54, 1.807) is 13.0 Å². The Morgan fingerprint density at radius 3 is 2.10 bits per heavy atom. The molecule has 0 fully saturated rings.